The molecule has 0 fully saturated rings. The molecule has 0 spiro atoms. The highest BCUT2D eigenvalue weighted by Gasteiger charge is 2.11. The molecule has 0 aliphatic rings. The molecule has 0 saturated carbocycles. The standard InChI is InChI=1S/C11H16OS/c1-8(2)11-9(12-3)6-5-7-10(11)13-4/h5-8H,1-4H3. The van der Waals surface area contributed by atoms with Crippen molar-refractivity contribution in [3.05, 3.63) is 23.8 Å². The van der Waals surface area contributed by atoms with Crippen molar-refractivity contribution in [3.63, 3.8) is 0 Å². The van der Waals surface area contributed by atoms with Crippen molar-refractivity contribution in [1.29, 1.82) is 0 Å². The molecule has 0 aliphatic heterocycles. The fourth-order valence-corrected chi connectivity index (χ4v) is 2.22. The summed E-state index contributed by atoms with van der Waals surface area (Å²) in [6.07, 6.45) is 2.10. The van der Waals surface area contributed by atoms with Gasteiger partial charge in [0, 0.05) is 10.5 Å². The first-order valence-electron chi connectivity index (χ1n) is 4.41. The van der Waals surface area contributed by atoms with Crippen molar-refractivity contribution in [3.8, 4) is 5.75 Å². The van der Waals surface area contributed by atoms with Crippen LogP contribution in [0.2, 0.25) is 0 Å². The fourth-order valence-electron chi connectivity index (χ4n) is 1.45. The topological polar surface area (TPSA) is 9.23 Å². The van der Waals surface area contributed by atoms with Crippen molar-refractivity contribution < 1.29 is 4.74 Å². The first kappa shape index (κ1) is 10.5. The maximum absolute atomic E-state index is 5.34. The quantitative estimate of drug-likeness (QED) is 0.684. The van der Waals surface area contributed by atoms with Crippen LogP contribution in [0.3, 0.4) is 0 Å². The summed E-state index contributed by atoms with van der Waals surface area (Å²) in [6.45, 7) is 4.38. The van der Waals surface area contributed by atoms with E-state index in [0.717, 1.165) is 5.75 Å². The van der Waals surface area contributed by atoms with Gasteiger partial charge in [0.05, 0.1) is 7.11 Å². The Kier molecular flexibility index (Phi) is 3.67. The van der Waals surface area contributed by atoms with E-state index < -0.39 is 0 Å². The third kappa shape index (κ3) is 2.19. The Morgan fingerprint density at radius 3 is 2.46 bits per heavy atom. The van der Waals surface area contributed by atoms with Gasteiger partial charge in [-0.05, 0) is 24.3 Å². The lowest BCUT2D eigenvalue weighted by Crippen LogP contribution is -1.96. The maximum atomic E-state index is 5.34. The van der Waals surface area contributed by atoms with Crippen molar-refractivity contribution in [1.82, 2.24) is 0 Å². The average Bonchev–Trinajstić information content (AvgIpc) is 2.16. The van der Waals surface area contributed by atoms with Gasteiger partial charge >= 0.3 is 0 Å². The van der Waals surface area contributed by atoms with Gasteiger partial charge in [-0.15, -0.1) is 11.8 Å². The minimum Gasteiger partial charge on any atom is -0.496 e. The smallest absolute Gasteiger partial charge is 0.123 e. The number of methoxy groups -OCH3 is 1. The molecule has 0 heterocycles. The molecule has 13 heavy (non-hydrogen) atoms. The second-order valence-corrected chi connectivity index (χ2v) is 4.08. The lowest BCUT2D eigenvalue weighted by molar-refractivity contribution is 0.405. The molecule has 0 radical (unpaired) electrons. The predicted molar refractivity (Wildman–Crippen MR) is 58.9 cm³/mol. The van der Waals surface area contributed by atoms with Gasteiger partial charge in [-0.1, -0.05) is 19.9 Å². The molecule has 72 valence electrons. The third-order valence-corrected chi connectivity index (χ3v) is 2.84. The molecule has 1 aromatic rings. The molecule has 0 saturated heterocycles. The summed E-state index contributed by atoms with van der Waals surface area (Å²) in [5, 5.41) is 0. The molecule has 0 bridgehead atoms. The second kappa shape index (κ2) is 4.56. The number of rotatable bonds is 3. The van der Waals surface area contributed by atoms with E-state index >= 15 is 0 Å². The van der Waals surface area contributed by atoms with E-state index in [9.17, 15) is 0 Å². The molecule has 1 rings (SSSR count). The maximum Gasteiger partial charge on any atom is 0.123 e. The van der Waals surface area contributed by atoms with E-state index in [1.807, 2.05) is 12.1 Å². The summed E-state index contributed by atoms with van der Waals surface area (Å²) >= 11 is 1.77. The van der Waals surface area contributed by atoms with Gasteiger partial charge in [-0.25, -0.2) is 0 Å². The Morgan fingerprint density at radius 1 is 1.31 bits per heavy atom. The Balaban J connectivity index is 3.21. The monoisotopic (exact) mass is 196 g/mol. The largest absolute Gasteiger partial charge is 0.496 e. The summed E-state index contributed by atoms with van der Waals surface area (Å²) in [5.74, 6) is 1.51. The summed E-state index contributed by atoms with van der Waals surface area (Å²) in [5.41, 5.74) is 1.32. The van der Waals surface area contributed by atoms with Crippen LogP contribution in [0.5, 0.6) is 5.75 Å². The van der Waals surface area contributed by atoms with E-state index in [-0.39, 0.29) is 0 Å². The Hall–Kier alpha value is -0.630. The molecule has 1 aromatic carbocycles. The number of hydrogen-bond donors (Lipinski definition) is 0. The summed E-state index contributed by atoms with van der Waals surface area (Å²) in [6, 6.07) is 6.20. The van der Waals surface area contributed by atoms with Crippen LogP contribution in [0.25, 0.3) is 0 Å². The molecule has 2 heteroatoms. The zero-order valence-electron chi connectivity index (χ0n) is 8.63. The van der Waals surface area contributed by atoms with Crippen LogP contribution < -0.4 is 4.74 Å². The Labute approximate surface area is 84.5 Å². The molecule has 0 aliphatic carbocycles. The van der Waals surface area contributed by atoms with E-state index in [1.54, 1.807) is 18.9 Å². The number of hydrogen-bond acceptors (Lipinski definition) is 2. The minimum absolute atomic E-state index is 0.513. The molecule has 1 nitrogen and oxygen atoms in total. The summed E-state index contributed by atoms with van der Waals surface area (Å²) in [7, 11) is 1.73. The van der Waals surface area contributed by atoms with Crippen molar-refractivity contribution >= 4 is 11.8 Å². The molecule has 0 amide bonds. The van der Waals surface area contributed by atoms with Crippen molar-refractivity contribution in [2.24, 2.45) is 0 Å². The van der Waals surface area contributed by atoms with Gasteiger partial charge in [0.2, 0.25) is 0 Å². The Bertz CT molecular complexity index is 259. The molecule has 0 aromatic heterocycles. The van der Waals surface area contributed by atoms with E-state index in [1.165, 1.54) is 10.5 Å². The fraction of sp³-hybridized carbons (Fsp3) is 0.455. The molecular formula is C11H16OS. The van der Waals surface area contributed by atoms with Crippen molar-refractivity contribution in [2.45, 2.75) is 24.7 Å². The van der Waals surface area contributed by atoms with Crippen LogP contribution in [-0.4, -0.2) is 13.4 Å². The van der Waals surface area contributed by atoms with Crippen LogP contribution in [0.4, 0.5) is 0 Å². The van der Waals surface area contributed by atoms with Gasteiger partial charge in [-0.3, -0.25) is 0 Å². The highest BCUT2D eigenvalue weighted by Crippen LogP contribution is 2.34. The van der Waals surface area contributed by atoms with Crippen LogP contribution in [-0.2, 0) is 0 Å². The molecule has 0 atom stereocenters. The zero-order chi connectivity index (χ0) is 9.84. The van der Waals surface area contributed by atoms with Gasteiger partial charge in [0.15, 0.2) is 0 Å². The van der Waals surface area contributed by atoms with Crippen LogP contribution in [0.1, 0.15) is 25.3 Å². The lowest BCUT2D eigenvalue weighted by atomic mass is 10.0. The van der Waals surface area contributed by atoms with E-state index in [2.05, 4.69) is 26.2 Å². The highest BCUT2D eigenvalue weighted by atomic mass is 32.2. The van der Waals surface area contributed by atoms with Gasteiger partial charge in [0.25, 0.3) is 0 Å². The van der Waals surface area contributed by atoms with Crippen LogP contribution in [0, 0.1) is 0 Å². The third-order valence-electron chi connectivity index (χ3n) is 2.04. The zero-order valence-corrected chi connectivity index (χ0v) is 9.44. The second-order valence-electron chi connectivity index (χ2n) is 3.23. The average molecular weight is 196 g/mol. The summed E-state index contributed by atoms with van der Waals surface area (Å²) in [4.78, 5) is 1.31. The number of benzene rings is 1. The molecule has 0 N–H and O–H groups in total. The van der Waals surface area contributed by atoms with E-state index in [4.69, 9.17) is 4.74 Å². The predicted octanol–water partition coefficient (Wildman–Crippen LogP) is 3.54. The highest BCUT2D eigenvalue weighted by molar-refractivity contribution is 7.98. The van der Waals surface area contributed by atoms with Gasteiger partial charge < -0.3 is 4.74 Å². The number of thioether (sulfide) groups is 1. The van der Waals surface area contributed by atoms with Gasteiger partial charge in [0.1, 0.15) is 5.75 Å². The SMILES string of the molecule is COc1cccc(SC)c1C(C)C. The number of ether oxygens (including phenoxy) is 1. The molecule has 0 unspecified atom stereocenters. The Morgan fingerprint density at radius 2 is 2.00 bits per heavy atom. The lowest BCUT2D eigenvalue weighted by Gasteiger charge is -2.15. The van der Waals surface area contributed by atoms with Crippen LogP contribution in [0.15, 0.2) is 23.1 Å². The first-order valence-corrected chi connectivity index (χ1v) is 5.64. The van der Waals surface area contributed by atoms with Crippen molar-refractivity contribution in [2.75, 3.05) is 13.4 Å². The minimum atomic E-state index is 0.513. The summed E-state index contributed by atoms with van der Waals surface area (Å²) < 4.78 is 5.34. The van der Waals surface area contributed by atoms with Crippen LogP contribution >= 0.6 is 11.8 Å². The van der Waals surface area contributed by atoms with E-state index in [0.29, 0.717) is 5.92 Å². The molecular weight excluding hydrogens is 180 g/mol. The first-order chi connectivity index (χ1) is 6.20. The normalized spacial score (nSPS) is 10.5. The van der Waals surface area contributed by atoms with Gasteiger partial charge in [-0.2, -0.15) is 0 Å².